The highest BCUT2D eigenvalue weighted by atomic mass is 19.1. The molecule has 3 fully saturated rings. The van der Waals surface area contributed by atoms with Crippen LogP contribution in [0.25, 0.3) is 11.2 Å². The Balaban J connectivity index is 1.03. The minimum Gasteiger partial charge on any atom is -0.473 e. The van der Waals surface area contributed by atoms with E-state index in [1.807, 2.05) is 28.8 Å². The Morgan fingerprint density at radius 2 is 1.47 bits per heavy atom. The number of halogens is 2. The first kappa shape index (κ1) is 32.0. The van der Waals surface area contributed by atoms with Crippen molar-refractivity contribution in [2.75, 3.05) is 52.5 Å². The summed E-state index contributed by atoms with van der Waals surface area (Å²) in [5.74, 6) is -0.129. The Morgan fingerprint density at radius 1 is 0.787 bits per heavy atom. The van der Waals surface area contributed by atoms with Crippen LogP contribution in [0, 0.1) is 11.6 Å². The van der Waals surface area contributed by atoms with E-state index in [1.54, 1.807) is 6.33 Å². The summed E-state index contributed by atoms with van der Waals surface area (Å²) in [6.07, 6.45) is 8.71. The van der Waals surface area contributed by atoms with E-state index >= 15 is 0 Å². The minimum atomic E-state index is -0.277. The lowest BCUT2D eigenvalue weighted by molar-refractivity contribution is -0.197. The van der Waals surface area contributed by atoms with Crippen molar-refractivity contribution < 1.29 is 27.7 Å². The largest absolute Gasteiger partial charge is 0.473 e. The fourth-order valence-electron chi connectivity index (χ4n) is 6.83. The van der Waals surface area contributed by atoms with Crippen LogP contribution in [0.15, 0.2) is 61.2 Å². The Bertz CT molecular complexity index is 1520. The summed E-state index contributed by atoms with van der Waals surface area (Å²) < 4.78 is 54.3. The predicted molar refractivity (Wildman–Crippen MR) is 171 cm³/mol. The minimum absolute atomic E-state index is 0.0830. The van der Waals surface area contributed by atoms with Gasteiger partial charge in [-0.25, -0.2) is 18.7 Å². The van der Waals surface area contributed by atoms with Crippen molar-refractivity contribution in [3.05, 3.63) is 83.9 Å². The zero-order chi connectivity index (χ0) is 32.0. The molecule has 0 aliphatic carbocycles. The molecule has 12 heteroatoms. The summed E-state index contributed by atoms with van der Waals surface area (Å²) in [5, 5.41) is 0. The molecule has 0 amide bonds. The zero-order valence-electron chi connectivity index (χ0n) is 26.6. The summed E-state index contributed by atoms with van der Waals surface area (Å²) in [4.78, 5) is 18.3. The Morgan fingerprint density at radius 3 is 2.11 bits per heavy atom. The molecule has 3 aliphatic heterocycles. The first-order valence-electron chi connectivity index (χ1n) is 16.8. The summed E-state index contributed by atoms with van der Waals surface area (Å²) in [7, 11) is 0. The molecule has 47 heavy (non-hydrogen) atoms. The molecule has 3 saturated heterocycles. The van der Waals surface area contributed by atoms with Gasteiger partial charge in [0.1, 0.15) is 36.9 Å². The van der Waals surface area contributed by atoms with E-state index in [0.717, 1.165) is 82.4 Å². The van der Waals surface area contributed by atoms with Gasteiger partial charge in [-0.3, -0.25) is 14.4 Å². The van der Waals surface area contributed by atoms with Crippen molar-refractivity contribution in [2.24, 2.45) is 0 Å². The van der Waals surface area contributed by atoms with Gasteiger partial charge >= 0.3 is 0 Å². The van der Waals surface area contributed by atoms with E-state index in [2.05, 4.69) is 24.8 Å². The molecule has 3 aliphatic rings. The second-order valence-electron chi connectivity index (χ2n) is 12.5. The number of benzene rings is 2. The van der Waals surface area contributed by atoms with E-state index in [0.29, 0.717) is 30.2 Å². The van der Waals surface area contributed by atoms with Gasteiger partial charge in [-0.1, -0.05) is 24.3 Å². The highest BCUT2D eigenvalue weighted by Crippen LogP contribution is 2.31. The molecule has 7 rings (SSSR count). The normalized spacial score (nSPS) is 22.1. The SMILES string of the molecule is Fc1ccc(C(c2ccc(F)cc2)N2CCN(CC(COc3ncnc4c3ncn4C3CCCCO3)OC3CCCCO3)CC2)cc1. The molecule has 0 bridgehead atoms. The van der Waals surface area contributed by atoms with E-state index in [9.17, 15) is 8.78 Å². The van der Waals surface area contributed by atoms with Crippen LogP contribution < -0.4 is 4.74 Å². The molecule has 2 aromatic carbocycles. The molecule has 0 spiro atoms. The summed E-state index contributed by atoms with van der Waals surface area (Å²) in [5.41, 5.74) is 3.26. The van der Waals surface area contributed by atoms with Crippen molar-refractivity contribution in [3.8, 4) is 5.88 Å². The van der Waals surface area contributed by atoms with Crippen molar-refractivity contribution in [3.63, 3.8) is 0 Å². The third-order valence-electron chi connectivity index (χ3n) is 9.28. The fourth-order valence-corrected chi connectivity index (χ4v) is 6.83. The van der Waals surface area contributed by atoms with Gasteiger partial charge in [0, 0.05) is 45.9 Å². The first-order valence-corrected chi connectivity index (χ1v) is 16.8. The molecule has 0 saturated carbocycles. The summed E-state index contributed by atoms with van der Waals surface area (Å²) in [6.45, 7) is 5.52. The van der Waals surface area contributed by atoms with Gasteiger partial charge in [0.15, 0.2) is 17.5 Å². The second kappa shape index (κ2) is 15.1. The number of aromatic nitrogens is 4. The number of ether oxygens (including phenoxy) is 4. The number of imidazole rings is 1. The smallest absolute Gasteiger partial charge is 0.245 e. The lowest BCUT2D eigenvalue weighted by Crippen LogP contribution is -2.51. The number of rotatable bonds is 11. The van der Waals surface area contributed by atoms with Gasteiger partial charge in [-0.15, -0.1) is 0 Å². The molecule has 0 radical (unpaired) electrons. The number of fused-ring (bicyclic) bond motifs is 1. The van der Waals surface area contributed by atoms with Crippen molar-refractivity contribution in [2.45, 2.75) is 63.2 Å². The molecule has 3 unspecified atom stereocenters. The van der Waals surface area contributed by atoms with Crippen LogP contribution in [0.2, 0.25) is 0 Å². The number of hydrogen-bond acceptors (Lipinski definition) is 9. The molecule has 5 heterocycles. The monoisotopic (exact) mass is 648 g/mol. The topological polar surface area (TPSA) is 87.0 Å². The molecule has 0 N–H and O–H groups in total. The van der Waals surface area contributed by atoms with E-state index < -0.39 is 0 Å². The van der Waals surface area contributed by atoms with Crippen molar-refractivity contribution in [1.82, 2.24) is 29.3 Å². The Kier molecular flexibility index (Phi) is 10.3. The van der Waals surface area contributed by atoms with Crippen LogP contribution in [-0.2, 0) is 14.2 Å². The average Bonchev–Trinajstić information content (AvgIpc) is 3.56. The molecule has 250 valence electrons. The van der Waals surface area contributed by atoms with Crippen LogP contribution in [0.3, 0.4) is 0 Å². The second-order valence-corrected chi connectivity index (χ2v) is 12.5. The average molecular weight is 649 g/mol. The predicted octanol–water partition coefficient (Wildman–Crippen LogP) is 5.50. The maximum Gasteiger partial charge on any atom is 0.245 e. The number of hydrogen-bond donors (Lipinski definition) is 0. The van der Waals surface area contributed by atoms with Gasteiger partial charge in [0.2, 0.25) is 5.88 Å². The van der Waals surface area contributed by atoms with Crippen LogP contribution in [-0.4, -0.2) is 94.3 Å². The standard InChI is InChI=1S/C35H42F2N6O4/c36-27-11-7-25(8-12-27)33(26-9-13-28(37)14-10-26)42-17-15-41(16-18-42)21-29(47-31-6-2-4-20-45-31)22-46-35-32-34(38-23-39-35)43(24-40-32)30-5-1-3-19-44-30/h7-14,23-24,29-31,33H,1-6,15-22H2. The number of nitrogens with zero attached hydrogens (tertiary/aromatic N) is 6. The Hall–Kier alpha value is -3.55. The van der Waals surface area contributed by atoms with Crippen molar-refractivity contribution >= 4 is 11.2 Å². The lowest BCUT2D eigenvalue weighted by Gasteiger charge is -2.41. The fraction of sp³-hybridized carbons (Fsp3) is 0.514. The Labute approximate surface area is 273 Å². The molecule has 3 atom stereocenters. The van der Waals surface area contributed by atoms with Gasteiger partial charge in [-0.05, 0) is 73.9 Å². The third-order valence-corrected chi connectivity index (χ3v) is 9.28. The molecular formula is C35H42F2N6O4. The molecular weight excluding hydrogens is 606 g/mol. The van der Waals surface area contributed by atoms with Crippen LogP contribution >= 0.6 is 0 Å². The highest BCUT2D eigenvalue weighted by molar-refractivity contribution is 5.76. The highest BCUT2D eigenvalue weighted by Gasteiger charge is 2.30. The summed E-state index contributed by atoms with van der Waals surface area (Å²) >= 11 is 0. The third kappa shape index (κ3) is 7.79. The van der Waals surface area contributed by atoms with E-state index in [1.165, 1.54) is 30.6 Å². The van der Waals surface area contributed by atoms with Crippen molar-refractivity contribution in [1.29, 1.82) is 0 Å². The zero-order valence-corrected chi connectivity index (χ0v) is 26.6. The van der Waals surface area contributed by atoms with Gasteiger partial charge in [0.25, 0.3) is 0 Å². The van der Waals surface area contributed by atoms with Crippen LogP contribution in [0.4, 0.5) is 8.78 Å². The lowest BCUT2D eigenvalue weighted by atomic mass is 9.96. The van der Waals surface area contributed by atoms with Gasteiger partial charge in [0.05, 0.1) is 12.4 Å². The maximum absolute atomic E-state index is 13.8. The molecule has 4 aromatic rings. The number of piperazine rings is 1. The van der Waals surface area contributed by atoms with Gasteiger partial charge < -0.3 is 18.9 Å². The quantitative estimate of drug-likeness (QED) is 0.209. The first-order chi connectivity index (χ1) is 23.1. The van der Waals surface area contributed by atoms with E-state index in [4.69, 9.17) is 18.9 Å². The maximum atomic E-state index is 13.8. The molecule has 10 nitrogen and oxygen atoms in total. The van der Waals surface area contributed by atoms with Crippen LogP contribution in [0.5, 0.6) is 5.88 Å². The van der Waals surface area contributed by atoms with Gasteiger partial charge in [-0.2, -0.15) is 4.98 Å². The van der Waals surface area contributed by atoms with Crippen LogP contribution in [0.1, 0.15) is 61.9 Å². The molecule has 2 aromatic heterocycles. The van der Waals surface area contributed by atoms with E-state index in [-0.39, 0.29) is 42.9 Å². The summed E-state index contributed by atoms with van der Waals surface area (Å²) in [6, 6.07) is 13.1.